The van der Waals surface area contributed by atoms with E-state index in [0.29, 0.717) is 6.04 Å². The Morgan fingerprint density at radius 2 is 2.05 bits per heavy atom. The van der Waals surface area contributed by atoms with Crippen LogP contribution in [0.25, 0.3) is 0 Å². The summed E-state index contributed by atoms with van der Waals surface area (Å²) in [6.45, 7) is 3.16. The average molecular weight is 287 g/mol. The molecule has 3 nitrogen and oxygen atoms in total. The molecule has 0 N–H and O–H groups in total. The van der Waals surface area contributed by atoms with Gasteiger partial charge in [-0.15, -0.1) is 10.2 Å². The second kappa shape index (κ2) is 6.35. The van der Waals surface area contributed by atoms with Crippen LogP contribution in [0.15, 0.2) is 30.3 Å². The zero-order valence-corrected chi connectivity index (χ0v) is 12.8. The van der Waals surface area contributed by atoms with Gasteiger partial charge in [-0.2, -0.15) is 0 Å². The Hall–Kier alpha value is -1.42. The summed E-state index contributed by atoms with van der Waals surface area (Å²) in [5, 5.41) is 10.7. The van der Waals surface area contributed by atoms with Crippen molar-refractivity contribution < 1.29 is 0 Å². The molecule has 0 bridgehead atoms. The Bertz CT molecular complexity index is 538. The first kappa shape index (κ1) is 13.6. The van der Waals surface area contributed by atoms with E-state index in [-0.39, 0.29) is 0 Å². The number of benzene rings is 1. The Balaban J connectivity index is 1.66. The van der Waals surface area contributed by atoms with Crippen LogP contribution in [0, 0.1) is 6.92 Å². The molecule has 0 spiro atoms. The van der Waals surface area contributed by atoms with Crippen molar-refractivity contribution in [2.24, 2.45) is 0 Å². The predicted octanol–water partition coefficient (Wildman–Crippen LogP) is 3.84. The van der Waals surface area contributed by atoms with Gasteiger partial charge in [-0.05, 0) is 44.6 Å². The molecule has 1 aliphatic rings. The predicted molar refractivity (Wildman–Crippen MR) is 84.4 cm³/mol. The monoisotopic (exact) mass is 287 g/mol. The molecule has 1 atom stereocenters. The molecule has 0 saturated carbocycles. The summed E-state index contributed by atoms with van der Waals surface area (Å²) in [7, 11) is 0. The number of nitrogens with zero attached hydrogens (tertiary/aromatic N) is 3. The number of hydrogen-bond donors (Lipinski definition) is 0. The normalized spacial score (nSPS) is 19.2. The van der Waals surface area contributed by atoms with Crippen LogP contribution >= 0.6 is 11.3 Å². The van der Waals surface area contributed by atoms with Gasteiger partial charge in [0.1, 0.15) is 5.01 Å². The van der Waals surface area contributed by atoms with Crippen molar-refractivity contribution >= 4 is 16.5 Å². The maximum atomic E-state index is 4.34. The van der Waals surface area contributed by atoms with E-state index in [2.05, 4.69) is 45.4 Å². The first-order valence-electron chi connectivity index (χ1n) is 7.43. The first-order chi connectivity index (χ1) is 9.83. The Labute approximate surface area is 124 Å². The van der Waals surface area contributed by atoms with Crippen molar-refractivity contribution in [1.82, 2.24) is 10.2 Å². The highest BCUT2D eigenvalue weighted by molar-refractivity contribution is 7.15. The van der Waals surface area contributed by atoms with Crippen molar-refractivity contribution in [3.05, 3.63) is 40.9 Å². The van der Waals surface area contributed by atoms with Gasteiger partial charge in [0.15, 0.2) is 0 Å². The van der Waals surface area contributed by atoms with Gasteiger partial charge >= 0.3 is 0 Å². The Kier molecular flexibility index (Phi) is 4.31. The first-order valence-corrected chi connectivity index (χ1v) is 8.25. The van der Waals surface area contributed by atoms with E-state index >= 15 is 0 Å². The molecule has 0 unspecified atom stereocenters. The minimum atomic E-state index is 0.622. The van der Waals surface area contributed by atoms with E-state index in [1.165, 1.54) is 31.2 Å². The van der Waals surface area contributed by atoms with Crippen LogP contribution in [-0.2, 0) is 6.42 Å². The molecular formula is C16H21N3S. The fraction of sp³-hybridized carbons (Fsp3) is 0.500. The molecule has 106 valence electrons. The molecule has 1 aromatic heterocycles. The fourth-order valence-corrected chi connectivity index (χ4v) is 3.72. The summed E-state index contributed by atoms with van der Waals surface area (Å²) >= 11 is 1.72. The minimum Gasteiger partial charge on any atom is -0.344 e. The van der Waals surface area contributed by atoms with Crippen molar-refractivity contribution in [2.45, 2.75) is 45.1 Å². The van der Waals surface area contributed by atoms with Crippen molar-refractivity contribution in [3.8, 4) is 0 Å². The van der Waals surface area contributed by atoms with E-state index in [9.17, 15) is 0 Å². The summed E-state index contributed by atoms with van der Waals surface area (Å²) in [6, 6.07) is 11.4. The number of aromatic nitrogens is 2. The summed E-state index contributed by atoms with van der Waals surface area (Å²) in [5.74, 6) is 0. The highest BCUT2D eigenvalue weighted by Gasteiger charge is 2.24. The molecule has 1 aliphatic heterocycles. The van der Waals surface area contributed by atoms with E-state index in [1.807, 2.05) is 6.92 Å². The topological polar surface area (TPSA) is 29.0 Å². The maximum absolute atomic E-state index is 4.34. The number of anilines is 1. The highest BCUT2D eigenvalue weighted by atomic mass is 32.1. The zero-order chi connectivity index (χ0) is 13.8. The van der Waals surface area contributed by atoms with E-state index in [4.69, 9.17) is 0 Å². The largest absolute Gasteiger partial charge is 0.344 e. The maximum Gasteiger partial charge on any atom is 0.208 e. The molecule has 0 radical (unpaired) electrons. The fourth-order valence-electron chi connectivity index (χ4n) is 2.93. The third-order valence-electron chi connectivity index (χ3n) is 4.00. The lowest BCUT2D eigenvalue weighted by molar-refractivity contribution is 0.437. The summed E-state index contributed by atoms with van der Waals surface area (Å²) < 4.78 is 0. The molecule has 4 heteroatoms. The summed E-state index contributed by atoms with van der Waals surface area (Å²) in [5.41, 5.74) is 1.44. The van der Waals surface area contributed by atoms with Crippen LogP contribution in [0.3, 0.4) is 0 Å². The minimum absolute atomic E-state index is 0.622. The van der Waals surface area contributed by atoms with Crippen molar-refractivity contribution in [1.29, 1.82) is 0 Å². The van der Waals surface area contributed by atoms with Gasteiger partial charge in [-0.25, -0.2) is 0 Å². The molecule has 20 heavy (non-hydrogen) atoms. The third-order valence-corrected chi connectivity index (χ3v) is 4.87. The second-order valence-electron chi connectivity index (χ2n) is 5.47. The smallest absolute Gasteiger partial charge is 0.208 e. The van der Waals surface area contributed by atoms with Gasteiger partial charge in [-0.3, -0.25) is 0 Å². The van der Waals surface area contributed by atoms with E-state index < -0.39 is 0 Å². The second-order valence-corrected chi connectivity index (χ2v) is 6.63. The molecule has 1 saturated heterocycles. The molecule has 2 heterocycles. The molecule has 2 aromatic rings. The van der Waals surface area contributed by atoms with Gasteiger partial charge in [0, 0.05) is 12.6 Å². The van der Waals surface area contributed by atoms with Gasteiger partial charge in [0.2, 0.25) is 5.13 Å². The molecule has 1 aromatic carbocycles. The van der Waals surface area contributed by atoms with Crippen LogP contribution in [0.1, 0.15) is 36.3 Å². The van der Waals surface area contributed by atoms with Crippen LogP contribution in [0.5, 0.6) is 0 Å². The van der Waals surface area contributed by atoms with Crippen LogP contribution in [0.4, 0.5) is 5.13 Å². The van der Waals surface area contributed by atoms with Crippen LogP contribution < -0.4 is 4.90 Å². The lowest BCUT2D eigenvalue weighted by Gasteiger charge is -2.35. The molecule has 0 aliphatic carbocycles. The zero-order valence-electron chi connectivity index (χ0n) is 12.0. The van der Waals surface area contributed by atoms with Crippen molar-refractivity contribution in [3.63, 3.8) is 0 Å². The Morgan fingerprint density at radius 1 is 1.20 bits per heavy atom. The quantitative estimate of drug-likeness (QED) is 0.855. The number of piperidine rings is 1. The lowest BCUT2D eigenvalue weighted by atomic mass is 9.96. The number of rotatable bonds is 4. The Morgan fingerprint density at radius 3 is 2.80 bits per heavy atom. The summed E-state index contributed by atoms with van der Waals surface area (Å²) in [6.07, 6.45) is 6.27. The molecule has 1 fully saturated rings. The lowest BCUT2D eigenvalue weighted by Crippen LogP contribution is -2.39. The summed E-state index contributed by atoms with van der Waals surface area (Å²) in [4.78, 5) is 2.48. The number of aryl methyl sites for hydroxylation is 2. The van der Waals surface area contributed by atoms with Gasteiger partial charge in [-0.1, -0.05) is 41.7 Å². The number of hydrogen-bond acceptors (Lipinski definition) is 4. The standard InChI is InChI=1S/C16H21N3S/c1-13-17-18-16(20-13)19-12-6-5-9-15(19)11-10-14-7-3-2-4-8-14/h2-4,7-8,15H,5-6,9-12H2,1H3/t15-/m1/s1. The molecule has 3 rings (SSSR count). The van der Waals surface area contributed by atoms with E-state index in [0.717, 1.165) is 23.1 Å². The third kappa shape index (κ3) is 3.18. The van der Waals surface area contributed by atoms with Gasteiger partial charge < -0.3 is 4.90 Å². The van der Waals surface area contributed by atoms with E-state index in [1.54, 1.807) is 11.3 Å². The molecule has 0 amide bonds. The highest BCUT2D eigenvalue weighted by Crippen LogP contribution is 2.29. The average Bonchev–Trinajstić information content (AvgIpc) is 2.93. The van der Waals surface area contributed by atoms with Gasteiger partial charge in [0.05, 0.1) is 0 Å². The van der Waals surface area contributed by atoms with Crippen LogP contribution in [0.2, 0.25) is 0 Å². The SMILES string of the molecule is Cc1nnc(N2CCCC[C@@H]2CCc2ccccc2)s1. The van der Waals surface area contributed by atoms with Crippen molar-refractivity contribution in [2.75, 3.05) is 11.4 Å². The molecular weight excluding hydrogens is 266 g/mol. The van der Waals surface area contributed by atoms with Gasteiger partial charge in [0.25, 0.3) is 0 Å². The van der Waals surface area contributed by atoms with Crippen LogP contribution in [-0.4, -0.2) is 22.8 Å².